The number of thioether (sulfide) groups is 2. The number of hydrogen-bond acceptors (Lipinski definition) is 6. The van der Waals surface area contributed by atoms with Crippen molar-refractivity contribution in [1.82, 2.24) is 14.8 Å². The van der Waals surface area contributed by atoms with Crippen molar-refractivity contribution in [3.63, 3.8) is 0 Å². The first-order valence-electron chi connectivity index (χ1n) is 8.66. The molecule has 0 saturated carbocycles. The van der Waals surface area contributed by atoms with E-state index in [-0.39, 0.29) is 19.0 Å². The highest BCUT2D eigenvalue weighted by Crippen LogP contribution is 2.30. The zero-order valence-corrected chi connectivity index (χ0v) is 16.8. The molecule has 0 bridgehead atoms. The van der Waals surface area contributed by atoms with Gasteiger partial charge in [-0.25, -0.2) is 4.39 Å². The summed E-state index contributed by atoms with van der Waals surface area (Å²) in [5.41, 5.74) is 1.38. The maximum absolute atomic E-state index is 13.3. The molecule has 0 amide bonds. The molecule has 0 radical (unpaired) electrons. The van der Waals surface area contributed by atoms with E-state index in [2.05, 4.69) is 10.2 Å². The topological polar surface area (TPSA) is 60.2 Å². The molecular weight excluding hydrogens is 423 g/mol. The molecule has 3 rings (SSSR count). The molecule has 10 heteroatoms. The van der Waals surface area contributed by atoms with Crippen LogP contribution in [0.25, 0.3) is 17.1 Å². The molecule has 0 aliphatic carbocycles. The number of ether oxygens (including phenoxy) is 1. The molecule has 0 unspecified atom stereocenters. The van der Waals surface area contributed by atoms with E-state index in [1.165, 1.54) is 23.9 Å². The Balaban J connectivity index is 1.90. The van der Waals surface area contributed by atoms with Crippen LogP contribution in [0.15, 0.2) is 58.6 Å². The molecule has 0 aliphatic rings. The molecule has 1 heterocycles. The van der Waals surface area contributed by atoms with Crippen LogP contribution >= 0.6 is 23.5 Å². The van der Waals surface area contributed by atoms with Gasteiger partial charge in [0.1, 0.15) is 5.82 Å². The quantitative estimate of drug-likeness (QED) is 0.370. The highest BCUT2D eigenvalue weighted by Gasteiger charge is 2.17. The average molecular weight is 442 g/mol. The number of halogens is 3. The molecule has 154 valence electrons. The van der Waals surface area contributed by atoms with Crippen molar-refractivity contribution < 1.29 is 23.0 Å². The lowest BCUT2D eigenvalue weighted by Crippen LogP contribution is -2.04. The Morgan fingerprint density at radius 1 is 1.00 bits per heavy atom. The molecule has 0 aliphatic heterocycles. The minimum absolute atomic E-state index is 0.0431. The van der Waals surface area contributed by atoms with Crippen LogP contribution in [0.4, 0.5) is 13.2 Å². The number of benzene rings is 2. The fourth-order valence-corrected chi connectivity index (χ4v) is 3.82. The minimum atomic E-state index is -2.49. The van der Waals surface area contributed by atoms with Crippen molar-refractivity contribution in [3.05, 3.63) is 54.3 Å². The van der Waals surface area contributed by atoms with Crippen LogP contribution in [-0.2, 0) is 4.74 Å². The standard InChI is InChI=1S/C19H18F3N3O2S2/c20-14-3-1-13(2-4-14)17-23-24-19(28-12-11-27-10-9-26)25(17)15-5-7-16(8-6-15)29-18(21)22/h1-8,18,26H,9-12H2. The fraction of sp³-hybridized carbons (Fsp3) is 0.263. The first-order valence-corrected chi connectivity index (χ1v) is 10.5. The van der Waals surface area contributed by atoms with E-state index in [0.29, 0.717) is 51.2 Å². The Morgan fingerprint density at radius 3 is 2.38 bits per heavy atom. The van der Waals surface area contributed by atoms with Gasteiger partial charge in [-0.15, -0.1) is 10.2 Å². The van der Waals surface area contributed by atoms with Crippen LogP contribution in [0.2, 0.25) is 0 Å². The third-order valence-electron chi connectivity index (χ3n) is 3.75. The second kappa shape index (κ2) is 10.7. The Bertz CT molecular complexity index is 906. The average Bonchev–Trinajstić information content (AvgIpc) is 3.12. The Morgan fingerprint density at radius 2 is 1.72 bits per heavy atom. The van der Waals surface area contributed by atoms with Crippen molar-refractivity contribution in [2.24, 2.45) is 0 Å². The van der Waals surface area contributed by atoms with Gasteiger partial charge >= 0.3 is 0 Å². The van der Waals surface area contributed by atoms with Gasteiger partial charge in [-0.2, -0.15) is 8.78 Å². The summed E-state index contributed by atoms with van der Waals surface area (Å²) >= 11 is 1.88. The van der Waals surface area contributed by atoms with Crippen molar-refractivity contribution in [3.8, 4) is 17.1 Å². The summed E-state index contributed by atoms with van der Waals surface area (Å²) in [7, 11) is 0. The van der Waals surface area contributed by atoms with Gasteiger partial charge in [0, 0.05) is 21.9 Å². The fourth-order valence-electron chi connectivity index (χ4n) is 2.52. The van der Waals surface area contributed by atoms with Crippen molar-refractivity contribution in [2.45, 2.75) is 15.8 Å². The summed E-state index contributed by atoms with van der Waals surface area (Å²) in [6.45, 7) is 0.643. The predicted molar refractivity (Wildman–Crippen MR) is 107 cm³/mol. The summed E-state index contributed by atoms with van der Waals surface area (Å²) in [5.74, 6) is -1.75. The molecule has 2 aromatic carbocycles. The van der Waals surface area contributed by atoms with Crippen LogP contribution in [0, 0.1) is 5.82 Å². The van der Waals surface area contributed by atoms with Gasteiger partial charge in [-0.1, -0.05) is 23.5 Å². The smallest absolute Gasteiger partial charge is 0.288 e. The van der Waals surface area contributed by atoms with Gasteiger partial charge in [0.05, 0.1) is 19.8 Å². The van der Waals surface area contributed by atoms with Crippen molar-refractivity contribution in [2.75, 3.05) is 25.6 Å². The van der Waals surface area contributed by atoms with Gasteiger partial charge in [0.15, 0.2) is 11.0 Å². The van der Waals surface area contributed by atoms with E-state index in [0.717, 1.165) is 0 Å². The summed E-state index contributed by atoms with van der Waals surface area (Å²) in [5, 5.41) is 17.8. The molecule has 0 spiro atoms. The number of rotatable bonds is 10. The molecule has 0 fully saturated rings. The molecule has 5 nitrogen and oxygen atoms in total. The largest absolute Gasteiger partial charge is 0.394 e. The Kier molecular flexibility index (Phi) is 7.99. The second-order valence-electron chi connectivity index (χ2n) is 5.71. The summed E-state index contributed by atoms with van der Waals surface area (Å²) in [6, 6.07) is 12.5. The zero-order valence-electron chi connectivity index (χ0n) is 15.2. The molecule has 0 atom stereocenters. The summed E-state index contributed by atoms with van der Waals surface area (Å²) in [4.78, 5) is 0.451. The van der Waals surface area contributed by atoms with Gasteiger partial charge in [-0.05, 0) is 48.5 Å². The maximum Gasteiger partial charge on any atom is 0.288 e. The number of aliphatic hydroxyl groups is 1. The lowest BCUT2D eigenvalue weighted by molar-refractivity contribution is 0.103. The SMILES string of the molecule is OCCOCCSc1nnc(-c2ccc(F)cc2)n1-c1ccc(SC(F)F)cc1. The van der Waals surface area contributed by atoms with E-state index in [1.807, 2.05) is 0 Å². The van der Waals surface area contributed by atoms with Crippen LogP contribution < -0.4 is 0 Å². The monoisotopic (exact) mass is 441 g/mol. The highest BCUT2D eigenvalue weighted by molar-refractivity contribution is 7.99. The number of aromatic nitrogens is 3. The molecule has 1 aromatic heterocycles. The normalized spacial score (nSPS) is 11.3. The van der Waals surface area contributed by atoms with Crippen LogP contribution in [0.3, 0.4) is 0 Å². The van der Waals surface area contributed by atoms with Crippen molar-refractivity contribution >= 4 is 23.5 Å². The van der Waals surface area contributed by atoms with Crippen LogP contribution in [0.1, 0.15) is 0 Å². The first-order chi connectivity index (χ1) is 14.1. The number of nitrogens with zero attached hydrogens (tertiary/aromatic N) is 3. The Labute approximate surface area is 174 Å². The van der Waals surface area contributed by atoms with Crippen LogP contribution in [0.5, 0.6) is 0 Å². The summed E-state index contributed by atoms with van der Waals surface area (Å²) < 4.78 is 45.5. The van der Waals surface area contributed by atoms with E-state index in [9.17, 15) is 13.2 Å². The Hall–Kier alpha value is -2.01. The lowest BCUT2D eigenvalue weighted by Gasteiger charge is -2.11. The van der Waals surface area contributed by atoms with Gasteiger partial charge < -0.3 is 9.84 Å². The van der Waals surface area contributed by atoms with E-state index >= 15 is 0 Å². The zero-order chi connectivity index (χ0) is 20.6. The second-order valence-corrected chi connectivity index (χ2v) is 7.83. The van der Waals surface area contributed by atoms with Gasteiger partial charge in [-0.3, -0.25) is 4.57 Å². The molecule has 29 heavy (non-hydrogen) atoms. The number of aliphatic hydroxyl groups excluding tert-OH is 1. The number of hydrogen-bond donors (Lipinski definition) is 1. The minimum Gasteiger partial charge on any atom is -0.394 e. The number of alkyl halides is 2. The van der Waals surface area contributed by atoms with E-state index < -0.39 is 5.76 Å². The van der Waals surface area contributed by atoms with E-state index in [1.54, 1.807) is 41.0 Å². The summed E-state index contributed by atoms with van der Waals surface area (Å²) in [6.07, 6.45) is 0. The van der Waals surface area contributed by atoms with Gasteiger partial charge in [0.2, 0.25) is 0 Å². The maximum atomic E-state index is 13.3. The third-order valence-corrected chi connectivity index (χ3v) is 5.37. The molecule has 3 aromatic rings. The van der Waals surface area contributed by atoms with Gasteiger partial charge in [0.25, 0.3) is 5.76 Å². The first kappa shape index (κ1) is 21.7. The van der Waals surface area contributed by atoms with Crippen LogP contribution in [-0.4, -0.2) is 51.2 Å². The molecule has 0 saturated heterocycles. The van der Waals surface area contributed by atoms with Crippen molar-refractivity contribution in [1.29, 1.82) is 0 Å². The molecule has 1 N–H and O–H groups in total. The predicted octanol–water partition coefficient (Wildman–Crippen LogP) is 4.49. The highest BCUT2D eigenvalue weighted by atomic mass is 32.2. The van der Waals surface area contributed by atoms with E-state index in [4.69, 9.17) is 9.84 Å². The third kappa shape index (κ3) is 5.99. The molecular formula is C19H18F3N3O2S2. The lowest BCUT2D eigenvalue weighted by atomic mass is 10.2.